The van der Waals surface area contributed by atoms with Crippen LogP contribution >= 0.6 is 0 Å². The van der Waals surface area contributed by atoms with E-state index in [1.165, 1.54) is 42.5 Å². The first-order chi connectivity index (χ1) is 9.41. The van der Waals surface area contributed by atoms with Crippen molar-refractivity contribution in [3.8, 4) is 0 Å². The van der Waals surface area contributed by atoms with E-state index in [1.807, 2.05) is 0 Å². The van der Waals surface area contributed by atoms with E-state index in [0.29, 0.717) is 6.04 Å². The number of carbonyl (C=O) groups is 2. The second-order valence-corrected chi connectivity index (χ2v) is 4.97. The predicted molar refractivity (Wildman–Crippen MR) is 75.8 cm³/mol. The Kier molecular flexibility index (Phi) is 6.18. The summed E-state index contributed by atoms with van der Waals surface area (Å²) in [4.78, 5) is 18.2. The highest BCUT2D eigenvalue weighted by Crippen LogP contribution is 2.26. The number of carboxylic acid groups (broad SMARTS) is 2. The molecule has 0 bridgehead atoms. The van der Waals surface area contributed by atoms with Crippen LogP contribution in [0.25, 0.3) is 0 Å². The van der Waals surface area contributed by atoms with Crippen LogP contribution in [0.15, 0.2) is 18.2 Å². The lowest BCUT2D eigenvalue weighted by molar-refractivity contribution is -0.159. The summed E-state index contributed by atoms with van der Waals surface area (Å²) in [5.41, 5.74) is 4.30. The number of hydrogen-bond donors (Lipinski definition) is 3. The molecule has 0 aromatic heterocycles. The number of hydrogen-bond acceptors (Lipinski definition) is 3. The lowest BCUT2D eigenvalue weighted by Crippen LogP contribution is -2.27. The Bertz CT molecular complexity index is 467. The number of piperidine rings is 1. The minimum Gasteiger partial charge on any atom is -0.473 e. The van der Waals surface area contributed by atoms with Gasteiger partial charge in [0.25, 0.3) is 0 Å². The molecule has 5 heteroatoms. The van der Waals surface area contributed by atoms with Gasteiger partial charge in [-0.15, -0.1) is 0 Å². The number of nitrogens with one attached hydrogen (secondary N) is 1. The van der Waals surface area contributed by atoms with Crippen molar-refractivity contribution in [3.63, 3.8) is 0 Å². The summed E-state index contributed by atoms with van der Waals surface area (Å²) in [7, 11) is 0. The summed E-state index contributed by atoms with van der Waals surface area (Å²) in [6.45, 7) is 5.56. The third-order valence-electron chi connectivity index (χ3n) is 3.30. The molecule has 0 radical (unpaired) electrons. The van der Waals surface area contributed by atoms with Gasteiger partial charge in [0.1, 0.15) is 0 Å². The maximum absolute atomic E-state index is 9.10. The Morgan fingerprint density at radius 3 is 2.30 bits per heavy atom. The van der Waals surface area contributed by atoms with Gasteiger partial charge in [0.2, 0.25) is 0 Å². The normalized spacial score (nSPS) is 17.8. The van der Waals surface area contributed by atoms with Gasteiger partial charge in [-0.3, -0.25) is 0 Å². The van der Waals surface area contributed by atoms with Gasteiger partial charge in [-0.1, -0.05) is 30.2 Å². The minimum absolute atomic E-state index is 0.601. The Labute approximate surface area is 118 Å². The smallest absolute Gasteiger partial charge is 0.414 e. The van der Waals surface area contributed by atoms with Crippen molar-refractivity contribution < 1.29 is 19.8 Å². The molecule has 1 atom stereocenters. The molecule has 1 aromatic rings. The number of aliphatic carboxylic acids is 2. The van der Waals surface area contributed by atoms with E-state index in [-0.39, 0.29) is 0 Å². The van der Waals surface area contributed by atoms with Crippen LogP contribution in [0.3, 0.4) is 0 Å². The number of carboxylic acids is 2. The van der Waals surface area contributed by atoms with Gasteiger partial charge < -0.3 is 15.5 Å². The molecule has 1 aliphatic rings. The quantitative estimate of drug-likeness (QED) is 0.686. The highest BCUT2D eigenvalue weighted by Gasteiger charge is 2.16. The molecule has 1 aromatic carbocycles. The van der Waals surface area contributed by atoms with Crippen molar-refractivity contribution in [2.75, 3.05) is 6.54 Å². The molecule has 20 heavy (non-hydrogen) atoms. The van der Waals surface area contributed by atoms with E-state index in [4.69, 9.17) is 19.8 Å². The lowest BCUT2D eigenvalue weighted by Gasteiger charge is -2.25. The third kappa shape index (κ3) is 5.01. The first kappa shape index (κ1) is 16.2. The minimum atomic E-state index is -1.82. The van der Waals surface area contributed by atoms with E-state index in [1.54, 1.807) is 0 Å². The van der Waals surface area contributed by atoms with Crippen molar-refractivity contribution in [1.82, 2.24) is 5.32 Å². The fourth-order valence-corrected chi connectivity index (χ4v) is 2.25. The molecule has 0 aliphatic carbocycles. The second-order valence-electron chi connectivity index (χ2n) is 4.97. The van der Waals surface area contributed by atoms with Gasteiger partial charge in [-0.05, 0) is 44.4 Å². The van der Waals surface area contributed by atoms with Crippen LogP contribution in [0.1, 0.15) is 42.0 Å². The van der Waals surface area contributed by atoms with Gasteiger partial charge in [-0.2, -0.15) is 0 Å². The standard InChI is InChI=1S/C13H19N.C2H2O4/c1-10-6-7-11(2)12(9-10)13-5-3-4-8-14-13;3-1(4)2(5)6/h6-7,9,13-14H,3-5,8H2,1-2H3;(H,3,4)(H,5,6). The van der Waals surface area contributed by atoms with Crippen molar-refractivity contribution in [2.24, 2.45) is 0 Å². The number of rotatable bonds is 1. The van der Waals surface area contributed by atoms with Crippen molar-refractivity contribution in [1.29, 1.82) is 0 Å². The Morgan fingerprint density at radius 2 is 1.80 bits per heavy atom. The molecule has 110 valence electrons. The van der Waals surface area contributed by atoms with Crippen LogP contribution < -0.4 is 5.32 Å². The maximum atomic E-state index is 9.10. The third-order valence-corrected chi connectivity index (χ3v) is 3.30. The van der Waals surface area contributed by atoms with Gasteiger partial charge in [0.15, 0.2) is 0 Å². The highest BCUT2D eigenvalue weighted by atomic mass is 16.4. The van der Waals surface area contributed by atoms with Gasteiger partial charge in [0.05, 0.1) is 0 Å². The molecule has 1 aliphatic heterocycles. The van der Waals surface area contributed by atoms with Gasteiger partial charge in [-0.25, -0.2) is 9.59 Å². The highest BCUT2D eigenvalue weighted by molar-refractivity contribution is 6.27. The fraction of sp³-hybridized carbons (Fsp3) is 0.467. The molecular weight excluding hydrogens is 258 g/mol. The molecule has 0 saturated carbocycles. The van der Waals surface area contributed by atoms with E-state index in [0.717, 1.165) is 0 Å². The molecular formula is C15H21NO4. The molecule has 5 nitrogen and oxygen atoms in total. The zero-order valence-corrected chi connectivity index (χ0v) is 11.8. The predicted octanol–water partition coefficient (Wildman–Crippen LogP) is 2.27. The lowest BCUT2D eigenvalue weighted by atomic mass is 9.93. The molecule has 0 spiro atoms. The molecule has 1 fully saturated rings. The van der Waals surface area contributed by atoms with Crippen LogP contribution in [0, 0.1) is 13.8 Å². The average molecular weight is 279 g/mol. The maximum Gasteiger partial charge on any atom is 0.414 e. The molecule has 1 unspecified atom stereocenters. The summed E-state index contributed by atoms with van der Waals surface area (Å²) in [6.07, 6.45) is 4.00. The zero-order valence-electron chi connectivity index (χ0n) is 11.8. The Hall–Kier alpha value is -1.88. The van der Waals surface area contributed by atoms with E-state index < -0.39 is 11.9 Å². The largest absolute Gasteiger partial charge is 0.473 e. The van der Waals surface area contributed by atoms with Crippen LogP contribution in [0.2, 0.25) is 0 Å². The monoisotopic (exact) mass is 279 g/mol. The first-order valence-corrected chi connectivity index (χ1v) is 6.68. The molecule has 3 N–H and O–H groups in total. The number of benzene rings is 1. The summed E-state index contributed by atoms with van der Waals surface area (Å²) in [5, 5.41) is 18.4. The van der Waals surface area contributed by atoms with Crippen LogP contribution in [-0.4, -0.2) is 28.7 Å². The summed E-state index contributed by atoms with van der Waals surface area (Å²) in [6, 6.07) is 7.37. The zero-order chi connectivity index (χ0) is 15.1. The van der Waals surface area contributed by atoms with E-state index >= 15 is 0 Å². The molecule has 2 rings (SSSR count). The summed E-state index contributed by atoms with van der Waals surface area (Å²) < 4.78 is 0. The van der Waals surface area contributed by atoms with E-state index in [2.05, 4.69) is 37.4 Å². The van der Waals surface area contributed by atoms with Gasteiger partial charge in [0, 0.05) is 6.04 Å². The van der Waals surface area contributed by atoms with Crippen LogP contribution in [-0.2, 0) is 9.59 Å². The van der Waals surface area contributed by atoms with Gasteiger partial charge >= 0.3 is 11.9 Å². The van der Waals surface area contributed by atoms with Crippen molar-refractivity contribution in [2.45, 2.75) is 39.2 Å². The molecule has 1 saturated heterocycles. The topological polar surface area (TPSA) is 86.6 Å². The number of aryl methyl sites for hydroxylation is 2. The van der Waals surface area contributed by atoms with Crippen LogP contribution in [0.5, 0.6) is 0 Å². The molecule has 1 heterocycles. The van der Waals surface area contributed by atoms with Crippen molar-refractivity contribution >= 4 is 11.9 Å². The van der Waals surface area contributed by atoms with Crippen LogP contribution in [0.4, 0.5) is 0 Å². The molecule has 0 amide bonds. The SMILES string of the molecule is Cc1ccc(C)c(C2CCCCN2)c1.O=C(O)C(=O)O. The first-order valence-electron chi connectivity index (χ1n) is 6.68. The Balaban J connectivity index is 0.000000286. The van der Waals surface area contributed by atoms with E-state index in [9.17, 15) is 0 Å². The summed E-state index contributed by atoms with van der Waals surface area (Å²) in [5.74, 6) is -3.65. The summed E-state index contributed by atoms with van der Waals surface area (Å²) >= 11 is 0. The average Bonchev–Trinajstić information content (AvgIpc) is 2.43. The second kappa shape index (κ2) is 7.65. The fourth-order valence-electron chi connectivity index (χ4n) is 2.25. The van der Waals surface area contributed by atoms with Crippen molar-refractivity contribution in [3.05, 3.63) is 34.9 Å². The Morgan fingerprint density at radius 1 is 1.15 bits per heavy atom.